The fourth-order valence-corrected chi connectivity index (χ4v) is 7.30. The normalized spacial score (nSPS) is 14.4. The minimum Gasteiger partial charge on any atom is -0.493 e. The van der Waals surface area contributed by atoms with Crippen LogP contribution in [0.3, 0.4) is 0 Å². The van der Waals surface area contributed by atoms with Gasteiger partial charge in [-0.1, -0.05) is 51.0 Å². The molecule has 1 aliphatic rings. The first-order valence-corrected chi connectivity index (χ1v) is 16.7. The lowest BCUT2D eigenvalue weighted by Gasteiger charge is -2.26. The summed E-state index contributed by atoms with van der Waals surface area (Å²) < 4.78 is 31.3. The molecule has 0 N–H and O–H groups in total. The van der Waals surface area contributed by atoms with Crippen LogP contribution in [0.1, 0.15) is 36.6 Å². The van der Waals surface area contributed by atoms with Crippen molar-refractivity contribution in [3.8, 4) is 23.0 Å². The number of methoxy groups -OCH3 is 3. The van der Waals surface area contributed by atoms with Crippen molar-refractivity contribution in [1.29, 1.82) is 0 Å². The van der Waals surface area contributed by atoms with E-state index in [1.165, 1.54) is 30.1 Å². The zero-order valence-electron chi connectivity index (χ0n) is 25.5. The number of thiazole rings is 1. The van der Waals surface area contributed by atoms with Gasteiger partial charge in [0.1, 0.15) is 6.61 Å². The third kappa shape index (κ3) is 6.76. The predicted molar refractivity (Wildman–Crippen MR) is 184 cm³/mol. The highest BCUT2D eigenvalue weighted by Gasteiger charge is 2.35. The van der Waals surface area contributed by atoms with Crippen LogP contribution >= 0.6 is 54.8 Å². The number of nitrogens with zero attached hydrogens (tertiary/aromatic N) is 2. The minimum absolute atomic E-state index is 0.163. The Morgan fingerprint density at radius 3 is 2.33 bits per heavy atom. The summed E-state index contributed by atoms with van der Waals surface area (Å²) in [7, 11) is 4.61. The highest BCUT2D eigenvalue weighted by atomic mass is 79.9. The fraction of sp³-hybridized carbons (Fsp3) is 0.242. The Bertz CT molecular complexity index is 2020. The van der Waals surface area contributed by atoms with Crippen molar-refractivity contribution in [3.05, 3.63) is 110 Å². The molecule has 4 aromatic rings. The maximum Gasteiger partial charge on any atom is 0.338 e. The van der Waals surface area contributed by atoms with E-state index in [1.54, 1.807) is 57.4 Å². The monoisotopic (exact) mass is 790 g/mol. The number of hydrogen-bond acceptors (Lipinski definition) is 9. The van der Waals surface area contributed by atoms with Crippen molar-refractivity contribution in [1.82, 2.24) is 4.57 Å². The molecule has 0 unspecified atom stereocenters. The van der Waals surface area contributed by atoms with E-state index in [-0.39, 0.29) is 17.7 Å². The summed E-state index contributed by atoms with van der Waals surface area (Å²) in [5.41, 5.74) is 2.61. The van der Waals surface area contributed by atoms with Crippen LogP contribution in [0.15, 0.2) is 78.5 Å². The van der Waals surface area contributed by atoms with Crippen LogP contribution in [0, 0.1) is 0 Å². The van der Waals surface area contributed by atoms with Gasteiger partial charge in [0.2, 0.25) is 0 Å². The maximum atomic E-state index is 14.2. The Hall–Kier alpha value is -3.58. The molecule has 0 aliphatic carbocycles. The molecule has 240 valence electrons. The Labute approximate surface area is 290 Å². The van der Waals surface area contributed by atoms with E-state index in [2.05, 4.69) is 36.9 Å². The number of fused-ring (bicyclic) bond motifs is 1. The number of benzene rings is 3. The molecule has 46 heavy (non-hydrogen) atoms. The van der Waals surface area contributed by atoms with E-state index < -0.39 is 12.0 Å². The summed E-state index contributed by atoms with van der Waals surface area (Å²) in [6, 6.07) is 13.6. The van der Waals surface area contributed by atoms with Crippen molar-refractivity contribution in [2.45, 2.75) is 26.5 Å². The van der Waals surface area contributed by atoms with Gasteiger partial charge >= 0.3 is 5.97 Å². The van der Waals surface area contributed by atoms with Crippen LogP contribution in [-0.4, -0.2) is 38.5 Å². The molecule has 1 atom stereocenters. The van der Waals surface area contributed by atoms with Gasteiger partial charge in [0.05, 0.1) is 54.3 Å². The predicted octanol–water partition coefficient (Wildman–Crippen LogP) is 6.58. The molecule has 5 rings (SSSR count). The number of allylic oxidation sites excluding steroid dienone is 1. The SMILES string of the molecule is CCOC(=O)C1=C(C)N=c2s/c(=C\c3cc(Br)c(OCc4ccc(Cl)cc4)c(OC)c3)c(=O)n2[C@H]1c1cc(OC)c(OC)cc1Br. The summed E-state index contributed by atoms with van der Waals surface area (Å²) in [4.78, 5) is 32.6. The fourth-order valence-electron chi connectivity index (χ4n) is 5.02. The molecule has 2 heterocycles. The van der Waals surface area contributed by atoms with Crippen LogP contribution in [0.2, 0.25) is 5.02 Å². The first-order chi connectivity index (χ1) is 22.1. The van der Waals surface area contributed by atoms with Gasteiger partial charge in [-0.15, -0.1) is 0 Å². The lowest BCUT2D eigenvalue weighted by molar-refractivity contribution is -0.139. The van der Waals surface area contributed by atoms with E-state index in [1.807, 2.05) is 18.2 Å². The average Bonchev–Trinajstić information content (AvgIpc) is 3.33. The number of esters is 1. The molecule has 1 aliphatic heterocycles. The molecule has 1 aromatic heterocycles. The van der Waals surface area contributed by atoms with Crippen LogP contribution in [0.4, 0.5) is 0 Å². The summed E-state index contributed by atoms with van der Waals surface area (Å²) >= 11 is 14.4. The first kappa shape index (κ1) is 33.8. The molecular formula is C33H29Br2ClN2O7S. The minimum atomic E-state index is -0.850. The first-order valence-electron chi connectivity index (χ1n) is 14.0. The van der Waals surface area contributed by atoms with Gasteiger partial charge in [-0.05, 0) is 88.9 Å². The second kappa shape index (κ2) is 14.5. The van der Waals surface area contributed by atoms with Gasteiger partial charge in [0, 0.05) is 9.50 Å². The standard InChI is InChI=1S/C33H29Br2ClN2O7S/c1-6-44-32(40)28-17(2)37-33-38(29(28)21-14-24(41-3)25(42-4)15-22(21)34)31(39)27(46-33)13-19-11-23(35)30(26(12-19)43-5)45-16-18-7-9-20(36)10-8-18/h7-15,29H,6,16H2,1-5H3/b27-13-/t29-/m0/s1. The lowest BCUT2D eigenvalue weighted by atomic mass is 9.95. The molecule has 0 spiro atoms. The quantitative estimate of drug-likeness (QED) is 0.168. The molecular weight excluding hydrogens is 764 g/mol. The number of ether oxygens (including phenoxy) is 5. The third-order valence-corrected chi connectivity index (χ3v) is 9.67. The lowest BCUT2D eigenvalue weighted by Crippen LogP contribution is -2.40. The largest absolute Gasteiger partial charge is 0.493 e. The molecule has 0 bridgehead atoms. The van der Waals surface area contributed by atoms with Crippen molar-refractivity contribution in [2.24, 2.45) is 4.99 Å². The van der Waals surface area contributed by atoms with Gasteiger partial charge in [-0.2, -0.15) is 0 Å². The van der Waals surface area contributed by atoms with Crippen molar-refractivity contribution in [3.63, 3.8) is 0 Å². The zero-order valence-corrected chi connectivity index (χ0v) is 30.2. The molecule has 0 fully saturated rings. The van der Waals surface area contributed by atoms with E-state index in [0.29, 0.717) is 69.7 Å². The van der Waals surface area contributed by atoms with E-state index >= 15 is 0 Å². The van der Waals surface area contributed by atoms with Gasteiger partial charge in [-0.3, -0.25) is 9.36 Å². The van der Waals surface area contributed by atoms with Crippen LogP contribution in [-0.2, 0) is 16.1 Å². The number of carbonyl (C=O) groups excluding carboxylic acids is 1. The molecule has 0 saturated heterocycles. The van der Waals surface area contributed by atoms with Crippen LogP contribution in [0.5, 0.6) is 23.0 Å². The van der Waals surface area contributed by atoms with Crippen molar-refractivity contribution >= 4 is 66.8 Å². The zero-order chi connectivity index (χ0) is 33.1. The van der Waals surface area contributed by atoms with E-state index in [9.17, 15) is 9.59 Å². The highest BCUT2D eigenvalue weighted by molar-refractivity contribution is 9.10. The van der Waals surface area contributed by atoms with Gasteiger partial charge in [0.15, 0.2) is 27.8 Å². The number of rotatable bonds is 10. The topological polar surface area (TPSA) is 97.6 Å². The number of aromatic nitrogens is 1. The summed E-state index contributed by atoms with van der Waals surface area (Å²) in [5.74, 6) is 1.37. The molecule has 0 radical (unpaired) electrons. The Balaban J connectivity index is 1.62. The Morgan fingerprint density at radius 2 is 1.67 bits per heavy atom. The smallest absolute Gasteiger partial charge is 0.338 e. The summed E-state index contributed by atoms with van der Waals surface area (Å²) in [5, 5.41) is 0.645. The number of carbonyl (C=O) groups is 1. The van der Waals surface area contributed by atoms with E-state index in [0.717, 1.165) is 5.56 Å². The van der Waals surface area contributed by atoms with E-state index in [4.69, 9.17) is 35.3 Å². The van der Waals surface area contributed by atoms with Crippen molar-refractivity contribution in [2.75, 3.05) is 27.9 Å². The number of hydrogen-bond donors (Lipinski definition) is 0. The van der Waals surface area contributed by atoms with Gasteiger partial charge in [0.25, 0.3) is 5.56 Å². The van der Waals surface area contributed by atoms with Crippen molar-refractivity contribution < 1.29 is 28.5 Å². The second-order valence-electron chi connectivity index (χ2n) is 9.98. The second-order valence-corrected chi connectivity index (χ2v) is 13.1. The van der Waals surface area contributed by atoms with Crippen LogP contribution < -0.4 is 33.8 Å². The summed E-state index contributed by atoms with van der Waals surface area (Å²) in [6.07, 6.45) is 1.75. The van der Waals surface area contributed by atoms with Gasteiger partial charge < -0.3 is 23.7 Å². The molecule has 9 nitrogen and oxygen atoms in total. The Kier molecular flexibility index (Phi) is 10.6. The Morgan fingerprint density at radius 1 is 1.00 bits per heavy atom. The van der Waals surface area contributed by atoms with Gasteiger partial charge in [-0.25, -0.2) is 9.79 Å². The molecule has 3 aromatic carbocycles. The molecule has 13 heteroatoms. The highest BCUT2D eigenvalue weighted by Crippen LogP contribution is 2.41. The summed E-state index contributed by atoms with van der Waals surface area (Å²) in [6.45, 7) is 3.93. The third-order valence-electron chi connectivity index (χ3n) is 7.16. The van der Waals surface area contributed by atoms with Crippen LogP contribution in [0.25, 0.3) is 6.08 Å². The number of halogens is 3. The molecule has 0 amide bonds. The average molecular weight is 793 g/mol. The maximum absolute atomic E-state index is 14.2. The molecule has 0 saturated carbocycles.